The first kappa shape index (κ1) is 9.84. The summed E-state index contributed by atoms with van der Waals surface area (Å²) >= 11 is 0. The van der Waals surface area contributed by atoms with Crippen molar-refractivity contribution in [1.29, 1.82) is 0 Å². The lowest BCUT2D eigenvalue weighted by atomic mass is 10.4. The number of nitrogens with two attached hydrogens (primary N) is 1. The fourth-order valence-corrected chi connectivity index (χ4v) is 0.622. The van der Waals surface area contributed by atoms with Gasteiger partial charge in [-0.1, -0.05) is 0 Å². The summed E-state index contributed by atoms with van der Waals surface area (Å²) in [4.78, 5) is 0. The molecule has 0 rings (SSSR count). The van der Waals surface area contributed by atoms with Gasteiger partial charge in [0.15, 0.2) is 0 Å². The Labute approximate surface area is 61.4 Å². The third kappa shape index (κ3) is 5.97. The number of methoxy groups -OCH3 is 1. The topological polar surface area (TPSA) is 67.5 Å². The van der Waals surface area contributed by atoms with Crippen LogP contribution in [0.15, 0.2) is 0 Å². The molecule has 62 valence electrons. The number of rotatable bonds is 6. The van der Waals surface area contributed by atoms with Crippen LogP contribution in [0.3, 0.4) is 0 Å². The van der Waals surface area contributed by atoms with Crippen molar-refractivity contribution >= 4 is 0 Å². The molecule has 0 radical (unpaired) electrons. The monoisotopic (exact) mass is 148 g/mol. The summed E-state index contributed by atoms with van der Waals surface area (Å²) in [5, 5.41) is 12.0. The summed E-state index contributed by atoms with van der Waals surface area (Å²) < 4.78 is 4.71. The molecule has 0 fully saturated rings. The molecule has 0 aromatic carbocycles. The number of nitrogens with one attached hydrogen (secondary N) is 1. The molecule has 0 aliphatic rings. The van der Waals surface area contributed by atoms with Crippen LogP contribution >= 0.6 is 0 Å². The average Bonchev–Trinajstić information content (AvgIpc) is 1.89. The predicted molar refractivity (Wildman–Crippen MR) is 39.8 cm³/mol. The Morgan fingerprint density at radius 1 is 1.70 bits per heavy atom. The highest BCUT2D eigenvalue weighted by molar-refractivity contribution is 4.57. The summed E-state index contributed by atoms with van der Waals surface area (Å²) in [6, 6.07) is 0. The summed E-state index contributed by atoms with van der Waals surface area (Å²) in [5.41, 5.74) is 5.21. The molecular formula is C6H16N2O2. The van der Waals surface area contributed by atoms with Crippen LogP contribution in [-0.2, 0) is 4.74 Å². The Balaban J connectivity index is 2.97. The smallest absolute Gasteiger partial charge is 0.0897 e. The van der Waals surface area contributed by atoms with E-state index in [1.54, 1.807) is 7.11 Å². The Kier molecular flexibility index (Phi) is 6.84. The van der Waals surface area contributed by atoms with E-state index in [0.717, 1.165) is 6.54 Å². The van der Waals surface area contributed by atoms with Crippen LogP contribution in [0.4, 0.5) is 0 Å². The van der Waals surface area contributed by atoms with Crippen LogP contribution in [0.2, 0.25) is 0 Å². The highest BCUT2D eigenvalue weighted by atomic mass is 16.5. The summed E-state index contributed by atoms with van der Waals surface area (Å²) in [6.07, 6.45) is -0.420. The minimum Gasteiger partial charge on any atom is -0.389 e. The normalized spacial score (nSPS) is 13.5. The highest BCUT2D eigenvalue weighted by Crippen LogP contribution is 1.79. The Hall–Kier alpha value is -0.160. The minimum atomic E-state index is -0.420. The molecular weight excluding hydrogens is 132 g/mol. The zero-order valence-corrected chi connectivity index (χ0v) is 6.34. The zero-order valence-electron chi connectivity index (χ0n) is 6.34. The molecule has 10 heavy (non-hydrogen) atoms. The molecule has 4 heteroatoms. The Bertz CT molecular complexity index is 70.8. The second-order valence-corrected chi connectivity index (χ2v) is 2.10. The van der Waals surface area contributed by atoms with Gasteiger partial charge >= 0.3 is 0 Å². The first-order valence-electron chi connectivity index (χ1n) is 3.39. The fraction of sp³-hybridized carbons (Fsp3) is 1.00. The van der Waals surface area contributed by atoms with Crippen LogP contribution in [0.5, 0.6) is 0 Å². The fourth-order valence-electron chi connectivity index (χ4n) is 0.622. The molecule has 0 aromatic rings. The van der Waals surface area contributed by atoms with Crippen molar-refractivity contribution in [3.63, 3.8) is 0 Å². The van der Waals surface area contributed by atoms with Gasteiger partial charge in [0.05, 0.1) is 12.7 Å². The van der Waals surface area contributed by atoms with Crippen LogP contribution in [0.1, 0.15) is 0 Å². The van der Waals surface area contributed by atoms with Crippen molar-refractivity contribution in [3.05, 3.63) is 0 Å². The van der Waals surface area contributed by atoms with Crippen molar-refractivity contribution in [2.75, 3.05) is 33.4 Å². The molecule has 0 saturated carbocycles. The Morgan fingerprint density at radius 2 is 2.40 bits per heavy atom. The van der Waals surface area contributed by atoms with E-state index in [4.69, 9.17) is 15.6 Å². The van der Waals surface area contributed by atoms with E-state index in [9.17, 15) is 0 Å². The molecule has 0 aliphatic heterocycles. The first-order chi connectivity index (χ1) is 4.81. The lowest BCUT2D eigenvalue weighted by Crippen LogP contribution is -2.33. The van der Waals surface area contributed by atoms with Crippen LogP contribution in [0.25, 0.3) is 0 Å². The van der Waals surface area contributed by atoms with Gasteiger partial charge in [0.2, 0.25) is 0 Å². The molecule has 0 saturated heterocycles. The summed E-state index contributed by atoms with van der Waals surface area (Å²) in [5.74, 6) is 0. The molecule has 0 heterocycles. The number of aliphatic hydroxyl groups is 1. The zero-order chi connectivity index (χ0) is 7.82. The minimum absolute atomic E-state index is 0.373. The van der Waals surface area contributed by atoms with Gasteiger partial charge in [-0.25, -0.2) is 0 Å². The van der Waals surface area contributed by atoms with E-state index in [0.29, 0.717) is 19.7 Å². The van der Waals surface area contributed by atoms with Crippen molar-refractivity contribution in [1.82, 2.24) is 5.32 Å². The van der Waals surface area contributed by atoms with Gasteiger partial charge in [-0.05, 0) is 0 Å². The van der Waals surface area contributed by atoms with Crippen molar-refractivity contribution < 1.29 is 9.84 Å². The average molecular weight is 148 g/mol. The predicted octanol–water partition coefficient (Wildman–Crippen LogP) is -1.46. The molecule has 0 bridgehead atoms. The van der Waals surface area contributed by atoms with Gasteiger partial charge in [-0.3, -0.25) is 0 Å². The largest absolute Gasteiger partial charge is 0.389 e. The lowest BCUT2D eigenvalue weighted by molar-refractivity contribution is 0.0649. The molecule has 0 unspecified atom stereocenters. The number of hydrogen-bond acceptors (Lipinski definition) is 4. The maximum atomic E-state index is 9.05. The SMILES string of the molecule is COC[C@@H](O)CNCCN. The van der Waals surface area contributed by atoms with E-state index < -0.39 is 6.10 Å². The van der Waals surface area contributed by atoms with Gasteiger partial charge in [0.25, 0.3) is 0 Å². The van der Waals surface area contributed by atoms with E-state index in [1.165, 1.54) is 0 Å². The third-order valence-corrected chi connectivity index (χ3v) is 1.06. The molecule has 0 amide bonds. The molecule has 0 spiro atoms. The number of hydrogen-bond donors (Lipinski definition) is 3. The molecule has 0 aliphatic carbocycles. The van der Waals surface area contributed by atoms with Crippen LogP contribution < -0.4 is 11.1 Å². The van der Waals surface area contributed by atoms with E-state index in [1.807, 2.05) is 0 Å². The second-order valence-electron chi connectivity index (χ2n) is 2.10. The lowest BCUT2D eigenvalue weighted by Gasteiger charge is -2.09. The van der Waals surface area contributed by atoms with Crippen molar-refractivity contribution in [2.45, 2.75) is 6.10 Å². The summed E-state index contributed by atoms with van der Waals surface area (Å²) in [6.45, 7) is 2.25. The molecule has 4 nitrogen and oxygen atoms in total. The molecule has 4 N–H and O–H groups in total. The van der Waals surface area contributed by atoms with Crippen molar-refractivity contribution in [3.8, 4) is 0 Å². The van der Waals surface area contributed by atoms with Gasteiger partial charge in [0, 0.05) is 26.7 Å². The molecule has 0 aromatic heterocycles. The second kappa shape index (κ2) is 6.95. The van der Waals surface area contributed by atoms with E-state index >= 15 is 0 Å². The quantitative estimate of drug-likeness (QED) is 0.403. The Morgan fingerprint density at radius 3 is 2.90 bits per heavy atom. The summed E-state index contributed by atoms with van der Waals surface area (Å²) in [7, 11) is 1.56. The van der Waals surface area contributed by atoms with Crippen molar-refractivity contribution in [2.24, 2.45) is 5.73 Å². The maximum Gasteiger partial charge on any atom is 0.0897 e. The van der Waals surface area contributed by atoms with Crippen LogP contribution in [-0.4, -0.2) is 44.6 Å². The van der Waals surface area contributed by atoms with E-state index in [-0.39, 0.29) is 0 Å². The maximum absolute atomic E-state index is 9.05. The van der Waals surface area contributed by atoms with Gasteiger partial charge in [-0.15, -0.1) is 0 Å². The number of ether oxygens (including phenoxy) is 1. The first-order valence-corrected chi connectivity index (χ1v) is 3.39. The van der Waals surface area contributed by atoms with Crippen LogP contribution in [0, 0.1) is 0 Å². The highest BCUT2D eigenvalue weighted by Gasteiger charge is 1.99. The van der Waals surface area contributed by atoms with Gasteiger partial charge in [-0.2, -0.15) is 0 Å². The molecule has 1 atom stereocenters. The number of aliphatic hydroxyl groups excluding tert-OH is 1. The van der Waals surface area contributed by atoms with Gasteiger partial charge in [0.1, 0.15) is 0 Å². The van der Waals surface area contributed by atoms with Gasteiger partial charge < -0.3 is 20.9 Å². The third-order valence-electron chi connectivity index (χ3n) is 1.06. The standard InChI is InChI=1S/C6H16N2O2/c1-10-5-6(9)4-8-3-2-7/h6,8-9H,2-5,7H2,1H3/t6-/m0/s1. The van der Waals surface area contributed by atoms with E-state index in [2.05, 4.69) is 5.32 Å².